The maximum absolute atomic E-state index is 3.50. The van der Waals surface area contributed by atoms with Crippen LogP contribution in [0.1, 0.15) is 25.7 Å². The first-order valence-electron chi connectivity index (χ1n) is 6.52. The molecule has 0 aromatic rings. The summed E-state index contributed by atoms with van der Waals surface area (Å²) in [6.45, 7) is 2.11. The normalized spacial score (nSPS) is 34.9. The van der Waals surface area contributed by atoms with Crippen LogP contribution in [-0.4, -0.2) is 62.2 Å². The van der Waals surface area contributed by atoms with Gasteiger partial charge in [-0.3, -0.25) is 10.9 Å². The van der Waals surface area contributed by atoms with Gasteiger partial charge in [-0.25, -0.2) is 0 Å². The molecular weight excluding hydrogens is 200 g/mol. The Balaban J connectivity index is 1.65. The lowest BCUT2D eigenvalue weighted by Crippen LogP contribution is -2.51. The summed E-state index contributed by atoms with van der Waals surface area (Å²) in [5.41, 5.74) is 6.85. The number of rotatable bonds is 5. The molecule has 2 N–H and O–H groups in total. The number of nitrogens with zero attached hydrogens (tertiary/aromatic N) is 2. The highest BCUT2D eigenvalue weighted by Gasteiger charge is 2.38. The summed E-state index contributed by atoms with van der Waals surface area (Å²) in [6.07, 6.45) is 5.41. The quantitative estimate of drug-likeness (QED) is 0.520. The Morgan fingerprint density at radius 3 is 2.38 bits per heavy atom. The fourth-order valence-electron chi connectivity index (χ4n) is 3.03. The molecule has 2 fully saturated rings. The van der Waals surface area contributed by atoms with E-state index >= 15 is 0 Å². The average molecular weight is 226 g/mol. The molecule has 0 aliphatic carbocycles. The van der Waals surface area contributed by atoms with Gasteiger partial charge in [-0.05, 0) is 46.8 Å². The minimum atomic E-state index is 0.677. The van der Waals surface area contributed by atoms with Crippen molar-refractivity contribution in [2.45, 2.75) is 43.8 Å². The summed E-state index contributed by atoms with van der Waals surface area (Å²) in [6, 6.07) is 2.33. The van der Waals surface area contributed by atoms with Crippen molar-refractivity contribution in [3.05, 3.63) is 0 Å². The predicted octanol–water partition coefficient (Wildman–Crippen LogP) is 0.267. The smallest absolute Gasteiger partial charge is 0.0242 e. The molecule has 2 rings (SSSR count). The highest BCUT2D eigenvalue weighted by atomic mass is 15.4. The van der Waals surface area contributed by atoms with Gasteiger partial charge in [0.2, 0.25) is 0 Å². The van der Waals surface area contributed by atoms with Crippen LogP contribution in [-0.2, 0) is 0 Å². The number of likely N-dealkylation sites (N-methyl/N-ethyl adjacent to an activating group) is 1. The van der Waals surface area contributed by atoms with E-state index in [0.717, 1.165) is 25.2 Å². The Kier molecular flexibility index (Phi) is 4.19. The molecule has 2 saturated heterocycles. The van der Waals surface area contributed by atoms with Crippen molar-refractivity contribution in [2.75, 3.05) is 34.2 Å². The minimum absolute atomic E-state index is 0.677. The molecule has 2 unspecified atom stereocenters. The van der Waals surface area contributed by atoms with E-state index in [0.29, 0.717) is 6.04 Å². The van der Waals surface area contributed by atoms with Gasteiger partial charge in [0.25, 0.3) is 0 Å². The number of piperidine rings is 1. The summed E-state index contributed by atoms with van der Waals surface area (Å²) >= 11 is 0. The molecule has 2 aliphatic heterocycles. The standard InChI is InChI=1S/C12H26N4/c1-15(2)7-6-13-14-10-8-11-4-5-12(9-10)16(11)3/h10-14H,4-9H2,1-3H3. The van der Waals surface area contributed by atoms with Gasteiger partial charge < -0.3 is 9.80 Å². The van der Waals surface area contributed by atoms with Crippen molar-refractivity contribution in [1.82, 2.24) is 20.7 Å². The van der Waals surface area contributed by atoms with E-state index in [4.69, 9.17) is 0 Å². The van der Waals surface area contributed by atoms with E-state index in [9.17, 15) is 0 Å². The van der Waals surface area contributed by atoms with Crippen molar-refractivity contribution in [3.8, 4) is 0 Å². The van der Waals surface area contributed by atoms with Crippen LogP contribution in [0.25, 0.3) is 0 Å². The zero-order chi connectivity index (χ0) is 11.5. The first-order valence-corrected chi connectivity index (χ1v) is 6.52. The fraction of sp³-hybridized carbons (Fsp3) is 1.00. The molecule has 0 saturated carbocycles. The molecule has 0 aromatic heterocycles. The molecule has 94 valence electrons. The van der Waals surface area contributed by atoms with Crippen LogP contribution in [0, 0.1) is 0 Å². The Morgan fingerprint density at radius 2 is 1.81 bits per heavy atom. The lowest BCUT2D eigenvalue weighted by molar-refractivity contribution is 0.141. The molecule has 16 heavy (non-hydrogen) atoms. The second-order valence-corrected chi connectivity index (χ2v) is 5.59. The molecule has 2 bridgehead atoms. The van der Waals surface area contributed by atoms with Crippen LogP contribution in [0.2, 0.25) is 0 Å². The molecule has 0 radical (unpaired) electrons. The van der Waals surface area contributed by atoms with Gasteiger partial charge in [0.1, 0.15) is 0 Å². The third-order valence-electron chi connectivity index (χ3n) is 4.09. The lowest BCUT2D eigenvalue weighted by Gasteiger charge is -2.36. The third-order valence-corrected chi connectivity index (χ3v) is 4.09. The molecule has 4 heteroatoms. The Hall–Kier alpha value is -0.160. The molecule has 2 heterocycles. The van der Waals surface area contributed by atoms with Gasteiger partial charge in [-0.2, -0.15) is 0 Å². The van der Waals surface area contributed by atoms with E-state index in [1.807, 2.05) is 0 Å². The van der Waals surface area contributed by atoms with Gasteiger partial charge in [0.05, 0.1) is 0 Å². The molecule has 0 spiro atoms. The van der Waals surface area contributed by atoms with Crippen molar-refractivity contribution in [1.29, 1.82) is 0 Å². The average Bonchev–Trinajstić information content (AvgIpc) is 2.50. The van der Waals surface area contributed by atoms with E-state index in [-0.39, 0.29) is 0 Å². The Bertz CT molecular complexity index is 205. The molecule has 4 nitrogen and oxygen atoms in total. The van der Waals surface area contributed by atoms with Crippen LogP contribution >= 0.6 is 0 Å². The molecule has 2 aliphatic rings. The van der Waals surface area contributed by atoms with Crippen LogP contribution in [0.3, 0.4) is 0 Å². The molecule has 2 atom stereocenters. The SMILES string of the molecule is CN(C)CCNNC1CC2CCC(C1)N2C. The van der Waals surface area contributed by atoms with Crippen molar-refractivity contribution in [2.24, 2.45) is 0 Å². The number of hydrogen-bond donors (Lipinski definition) is 2. The van der Waals surface area contributed by atoms with E-state index < -0.39 is 0 Å². The Morgan fingerprint density at radius 1 is 1.19 bits per heavy atom. The van der Waals surface area contributed by atoms with Gasteiger partial charge in [0.15, 0.2) is 0 Å². The number of hydrazine groups is 1. The zero-order valence-electron chi connectivity index (χ0n) is 10.9. The molecule has 0 amide bonds. The maximum atomic E-state index is 3.50. The van der Waals surface area contributed by atoms with Crippen LogP contribution in [0.4, 0.5) is 0 Å². The van der Waals surface area contributed by atoms with Crippen LogP contribution in [0.5, 0.6) is 0 Å². The van der Waals surface area contributed by atoms with Crippen molar-refractivity contribution >= 4 is 0 Å². The van der Waals surface area contributed by atoms with Crippen molar-refractivity contribution in [3.63, 3.8) is 0 Å². The van der Waals surface area contributed by atoms with Gasteiger partial charge in [-0.15, -0.1) is 0 Å². The first kappa shape index (κ1) is 12.3. The number of hydrogen-bond acceptors (Lipinski definition) is 4. The van der Waals surface area contributed by atoms with E-state index in [2.05, 4.69) is 41.8 Å². The zero-order valence-corrected chi connectivity index (χ0v) is 10.9. The number of fused-ring (bicyclic) bond motifs is 2. The third kappa shape index (κ3) is 2.94. The topological polar surface area (TPSA) is 30.5 Å². The van der Waals surface area contributed by atoms with Gasteiger partial charge in [0, 0.05) is 31.2 Å². The van der Waals surface area contributed by atoms with Crippen LogP contribution in [0.15, 0.2) is 0 Å². The Labute approximate surface area is 99.3 Å². The van der Waals surface area contributed by atoms with E-state index in [1.54, 1.807) is 0 Å². The number of nitrogens with one attached hydrogen (secondary N) is 2. The second-order valence-electron chi connectivity index (χ2n) is 5.59. The minimum Gasteiger partial charge on any atom is -0.308 e. The van der Waals surface area contributed by atoms with Gasteiger partial charge in [-0.1, -0.05) is 0 Å². The summed E-state index contributed by atoms with van der Waals surface area (Å²) in [5, 5.41) is 0. The monoisotopic (exact) mass is 226 g/mol. The summed E-state index contributed by atoms with van der Waals surface area (Å²) in [7, 11) is 6.51. The molecule has 0 aromatic carbocycles. The molecular formula is C12H26N4. The van der Waals surface area contributed by atoms with Crippen molar-refractivity contribution < 1.29 is 0 Å². The maximum Gasteiger partial charge on any atom is 0.0242 e. The van der Waals surface area contributed by atoms with Crippen LogP contribution < -0.4 is 10.9 Å². The summed E-state index contributed by atoms with van der Waals surface area (Å²) in [5.74, 6) is 0. The fourth-order valence-corrected chi connectivity index (χ4v) is 3.03. The largest absolute Gasteiger partial charge is 0.308 e. The summed E-state index contributed by atoms with van der Waals surface area (Å²) < 4.78 is 0. The first-order chi connectivity index (χ1) is 7.66. The van der Waals surface area contributed by atoms with E-state index in [1.165, 1.54) is 25.7 Å². The lowest BCUT2D eigenvalue weighted by atomic mass is 9.99. The highest BCUT2D eigenvalue weighted by Crippen LogP contribution is 2.33. The predicted molar refractivity (Wildman–Crippen MR) is 67.3 cm³/mol. The second kappa shape index (κ2) is 5.45. The highest BCUT2D eigenvalue weighted by molar-refractivity contribution is 4.95. The van der Waals surface area contributed by atoms with Gasteiger partial charge >= 0.3 is 0 Å². The summed E-state index contributed by atoms with van der Waals surface area (Å²) in [4.78, 5) is 4.78.